The van der Waals surface area contributed by atoms with Gasteiger partial charge in [0.15, 0.2) is 0 Å². The van der Waals surface area contributed by atoms with E-state index in [1.54, 1.807) is 0 Å². The zero-order valence-electron chi connectivity index (χ0n) is 11.7. The molecule has 0 amide bonds. The normalized spacial score (nSPS) is 14.2. The standard InChI is InChI=1S/C15H25NO2/c1-13-7-6-8-14(11-13)18-10-5-4-9-15(2,12-17)16-3/h6-8,11,16-17H,4-5,9-10,12H2,1-3H3. The molecule has 0 aliphatic heterocycles. The number of ether oxygens (including phenoxy) is 1. The molecular formula is C15H25NO2. The maximum atomic E-state index is 9.26. The number of likely N-dealkylation sites (N-methyl/N-ethyl adjacent to an activating group) is 1. The summed E-state index contributed by atoms with van der Waals surface area (Å²) in [6, 6.07) is 8.10. The third kappa shape index (κ3) is 5.07. The predicted molar refractivity (Wildman–Crippen MR) is 75.1 cm³/mol. The summed E-state index contributed by atoms with van der Waals surface area (Å²) in [4.78, 5) is 0. The van der Waals surface area contributed by atoms with Crippen molar-refractivity contribution in [2.24, 2.45) is 0 Å². The minimum Gasteiger partial charge on any atom is -0.494 e. The highest BCUT2D eigenvalue weighted by atomic mass is 16.5. The van der Waals surface area contributed by atoms with Crippen LogP contribution in [0.4, 0.5) is 0 Å². The van der Waals surface area contributed by atoms with Crippen molar-refractivity contribution in [3.8, 4) is 5.75 Å². The average molecular weight is 251 g/mol. The van der Waals surface area contributed by atoms with Crippen molar-refractivity contribution in [1.82, 2.24) is 5.32 Å². The van der Waals surface area contributed by atoms with Crippen LogP contribution >= 0.6 is 0 Å². The lowest BCUT2D eigenvalue weighted by atomic mass is 9.96. The average Bonchev–Trinajstić information content (AvgIpc) is 2.38. The van der Waals surface area contributed by atoms with Crippen LogP contribution in [-0.4, -0.2) is 30.9 Å². The minimum absolute atomic E-state index is 0.163. The molecule has 1 rings (SSSR count). The molecule has 2 N–H and O–H groups in total. The van der Waals surface area contributed by atoms with Gasteiger partial charge in [0.1, 0.15) is 5.75 Å². The first-order valence-corrected chi connectivity index (χ1v) is 6.59. The number of rotatable bonds is 8. The molecule has 0 saturated heterocycles. The SMILES string of the molecule is CNC(C)(CO)CCCCOc1cccc(C)c1. The quantitative estimate of drug-likeness (QED) is 0.698. The van der Waals surface area contributed by atoms with E-state index in [4.69, 9.17) is 4.74 Å². The molecule has 0 heterocycles. The second kappa shape index (κ2) is 7.39. The number of nitrogens with one attached hydrogen (secondary N) is 1. The van der Waals surface area contributed by atoms with E-state index in [-0.39, 0.29) is 12.1 Å². The monoisotopic (exact) mass is 251 g/mol. The van der Waals surface area contributed by atoms with Gasteiger partial charge in [-0.2, -0.15) is 0 Å². The van der Waals surface area contributed by atoms with Crippen molar-refractivity contribution in [2.45, 2.75) is 38.6 Å². The van der Waals surface area contributed by atoms with Crippen LogP contribution in [0.5, 0.6) is 5.75 Å². The number of benzene rings is 1. The molecule has 0 spiro atoms. The highest BCUT2D eigenvalue weighted by Gasteiger charge is 2.19. The molecule has 0 aromatic heterocycles. The molecule has 3 heteroatoms. The molecule has 0 fully saturated rings. The molecule has 0 radical (unpaired) electrons. The lowest BCUT2D eigenvalue weighted by molar-refractivity contribution is 0.168. The first kappa shape index (κ1) is 15.0. The molecule has 102 valence electrons. The Morgan fingerprint density at radius 3 is 2.72 bits per heavy atom. The minimum atomic E-state index is -0.163. The molecule has 0 aliphatic rings. The number of hydrogen-bond acceptors (Lipinski definition) is 3. The second-order valence-corrected chi connectivity index (χ2v) is 5.09. The first-order chi connectivity index (χ1) is 8.59. The van der Waals surface area contributed by atoms with Crippen LogP contribution in [0.1, 0.15) is 31.7 Å². The Labute approximate surface area is 110 Å². The van der Waals surface area contributed by atoms with E-state index < -0.39 is 0 Å². The molecule has 0 bridgehead atoms. The van der Waals surface area contributed by atoms with Crippen molar-refractivity contribution in [1.29, 1.82) is 0 Å². The summed E-state index contributed by atoms with van der Waals surface area (Å²) >= 11 is 0. The van der Waals surface area contributed by atoms with Crippen LogP contribution in [-0.2, 0) is 0 Å². The molecule has 1 aromatic rings. The molecule has 0 aliphatic carbocycles. The van der Waals surface area contributed by atoms with E-state index in [9.17, 15) is 5.11 Å². The Bertz CT molecular complexity index is 348. The van der Waals surface area contributed by atoms with Crippen LogP contribution in [0.3, 0.4) is 0 Å². The maximum Gasteiger partial charge on any atom is 0.119 e. The molecule has 18 heavy (non-hydrogen) atoms. The number of unbranched alkanes of at least 4 members (excludes halogenated alkanes) is 1. The number of aryl methyl sites for hydroxylation is 1. The molecular weight excluding hydrogens is 226 g/mol. The van der Waals surface area contributed by atoms with Gasteiger partial charge in [0.05, 0.1) is 13.2 Å². The Morgan fingerprint density at radius 1 is 1.33 bits per heavy atom. The van der Waals surface area contributed by atoms with E-state index in [1.807, 2.05) is 32.2 Å². The van der Waals surface area contributed by atoms with Gasteiger partial charge in [-0.25, -0.2) is 0 Å². The summed E-state index contributed by atoms with van der Waals surface area (Å²) in [5.74, 6) is 0.938. The molecule has 0 saturated carbocycles. The van der Waals surface area contributed by atoms with Gasteiger partial charge in [-0.15, -0.1) is 0 Å². The van der Waals surface area contributed by atoms with Gasteiger partial charge >= 0.3 is 0 Å². The van der Waals surface area contributed by atoms with Gasteiger partial charge in [-0.3, -0.25) is 0 Å². The van der Waals surface area contributed by atoms with Crippen LogP contribution in [0.2, 0.25) is 0 Å². The van der Waals surface area contributed by atoms with E-state index >= 15 is 0 Å². The van der Waals surface area contributed by atoms with Gasteiger partial charge in [-0.1, -0.05) is 12.1 Å². The summed E-state index contributed by atoms with van der Waals surface area (Å²) < 4.78 is 5.69. The smallest absolute Gasteiger partial charge is 0.119 e. The summed E-state index contributed by atoms with van der Waals surface area (Å²) in [5, 5.41) is 12.4. The summed E-state index contributed by atoms with van der Waals surface area (Å²) in [6.45, 7) is 5.00. The van der Waals surface area contributed by atoms with Crippen LogP contribution < -0.4 is 10.1 Å². The Hall–Kier alpha value is -1.06. The fourth-order valence-electron chi connectivity index (χ4n) is 1.80. The van der Waals surface area contributed by atoms with Crippen LogP contribution in [0, 0.1) is 6.92 Å². The molecule has 1 unspecified atom stereocenters. The summed E-state index contributed by atoms with van der Waals surface area (Å²) in [6.07, 6.45) is 3.01. The van der Waals surface area contributed by atoms with E-state index in [0.717, 1.165) is 31.6 Å². The first-order valence-electron chi connectivity index (χ1n) is 6.59. The third-order valence-electron chi connectivity index (χ3n) is 3.33. The largest absolute Gasteiger partial charge is 0.494 e. The third-order valence-corrected chi connectivity index (χ3v) is 3.33. The van der Waals surface area contributed by atoms with Gasteiger partial charge in [0.25, 0.3) is 0 Å². The molecule has 3 nitrogen and oxygen atoms in total. The highest BCUT2D eigenvalue weighted by molar-refractivity contribution is 5.27. The van der Waals surface area contributed by atoms with Crippen molar-refractivity contribution in [2.75, 3.05) is 20.3 Å². The van der Waals surface area contributed by atoms with Crippen LogP contribution in [0.15, 0.2) is 24.3 Å². The number of aliphatic hydroxyl groups excluding tert-OH is 1. The summed E-state index contributed by atoms with van der Waals surface area (Å²) in [7, 11) is 1.89. The van der Waals surface area contributed by atoms with E-state index in [2.05, 4.69) is 18.3 Å². The Morgan fingerprint density at radius 2 is 2.11 bits per heavy atom. The van der Waals surface area contributed by atoms with Crippen molar-refractivity contribution in [3.05, 3.63) is 29.8 Å². The second-order valence-electron chi connectivity index (χ2n) is 5.09. The molecule has 1 aromatic carbocycles. The van der Waals surface area contributed by atoms with Gasteiger partial charge in [0.2, 0.25) is 0 Å². The lowest BCUT2D eigenvalue weighted by Gasteiger charge is -2.26. The van der Waals surface area contributed by atoms with Crippen molar-refractivity contribution < 1.29 is 9.84 Å². The zero-order valence-corrected chi connectivity index (χ0v) is 11.7. The number of aliphatic hydroxyl groups is 1. The maximum absolute atomic E-state index is 9.26. The van der Waals surface area contributed by atoms with Gasteiger partial charge in [-0.05, 0) is 57.9 Å². The van der Waals surface area contributed by atoms with Gasteiger partial charge in [0, 0.05) is 5.54 Å². The van der Waals surface area contributed by atoms with E-state index in [1.165, 1.54) is 5.56 Å². The van der Waals surface area contributed by atoms with Crippen LogP contribution in [0.25, 0.3) is 0 Å². The van der Waals surface area contributed by atoms with Crippen molar-refractivity contribution in [3.63, 3.8) is 0 Å². The Balaban J connectivity index is 2.19. The lowest BCUT2D eigenvalue weighted by Crippen LogP contribution is -2.43. The summed E-state index contributed by atoms with van der Waals surface area (Å²) in [5.41, 5.74) is 1.05. The zero-order chi connectivity index (χ0) is 13.4. The van der Waals surface area contributed by atoms with Crippen molar-refractivity contribution >= 4 is 0 Å². The molecule has 1 atom stereocenters. The van der Waals surface area contributed by atoms with Gasteiger partial charge < -0.3 is 15.2 Å². The van der Waals surface area contributed by atoms with E-state index in [0.29, 0.717) is 0 Å². The fraction of sp³-hybridized carbons (Fsp3) is 0.600. The Kier molecular flexibility index (Phi) is 6.16. The topological polar surface area (TPSA) is 41.5 Å². The number of hydrogen-bond donors (Lipinski definition) is 2. The highest BCUT2D eigenvalue weighted by Crippen LogP contribution is 2.15. The fourth-order valence-corrected chi connectivity index (χ4v) is 1.80. The predicted octanol–water partition coefficient (Wildman–Crippen LogP) is 2.51.